The summed E-state index contributed by atoms with van der Waals surface area (Å²) in [6.07, 6.45) is 1.33. The molecular weight excluding hydrogens is 174 g/mol. The van der Waals surface area contributed by atoms with E-state index in [0.29, 0.717) is 0 Å². The first kappa shape index (κ1) is 12.0. The predicted molar refractivity (Wildman–Crippen MR) is 61.6 cm³/mol. The van der Waals surface area contributed by atoms with Gasteiger partial charge >= 0.3 is 0 Å². The lowest BCUT2D eigenvalue weighted by Crippen LogP contribution is -2.35. The summed E-state index contributed by atoms with van der Waals surface area (Å²) >= 11 is 0. The van der Waals surface area contributed by atoms with Crippen LogP contribution in [-0.4, -0.2) is 63.2 Å². The van der Waals surface area contributed by atoms with Crippen LogP contribution in [0.3, 0.4) is 0 Å². The topological polar surface area (TPSA) is 18.5 Å². The van der Waals surface area contributed by atoms with Crippen molar-refractivity contribution >= 4 is 0 Å². The van der Waals surface area contributed by atoms with Gasteiger partial charge < -0.3 is 15.1 Å². The highest BCUT2D eigenvalue weighted by molar-refractivity contribution is 4.81. The molecule has 0 bridgehead atoms. The van der Waals surface area contributed by atoms with Crippen LogP contribution in [0.2, 0.25) is 0 Å². The van der Waals surface area contributed by atoms with Crippen LogP contribution in [0, 0.1) is 5.92 Å². The maximum absolute atomic E-state index is 3.24. The minimum Gasteiger partial charge on any atom is -0.319 e. The summed E-state index contributed by atoms with van der Waals surface area (Å²) in [4.78, 5) is 4.94. The van der Waals surface area contributed by atoms with Crippen LogP contribution < -0.4 is 5.32 Å². The fraction of sp³-hybridized carbons (Fsp3) is 1.00. The Morgan fingerprint density at radius 3 is 2.71 bits per heavy atom. The molecule has 1 aliphatic heterocycles. The first-order chi connectivity index (χ1) is 6.63. The lowest BCUT2D eigenvalue weighted by Gasteiger charge is -2.22. The van der Waals surface area contributed by atoms with E-state index < -0.39 is 0 Å². The molecule has 1 saturated heterocycles. The van der Waals surface area contributed by atoms with Crippen molar-refractivity contribution in [3.05, 3.63) is 0 Å². The molecule has 1 aliphatic rings. The minimum absolute atomic E-state index is 0.765. The van der Waals surface area contributed by atoms with Gasteiger partial charge in [-0.15, -0.1) is 0 Å². The number of likely N-dealkylation sites (tertiary alicyclic amines) is 1. The molecule has 3 nitrogen and oxygen atoms in total. The van der Waals surface area contributed by atoms with Crippen LogP contribution >= 0.6 is 0 Å². The molecule has 0 saturated carbocycles. The van der Waals surface area contributed by atoms with Crippen LogP contribution in [0.25, 0.3) is 0 Å². The molecule has 0 amide bonds. The zero-order valence-electron chi connectivity index (χ0n) is 10.1. The molecule has 2 unspecified atom stereocenters. The molecule has 0 aromatic heterocycles. The van der Waals surface area contributed by atoms with Crippen LogP contribution in [0.5, 0.6) is 0 Å². The number of likely N-dealkylation sites (N-methyl/N-ethyl adjacent to an activating group) is 1. The van der Waals surface area contributed by atoms with E-state index in [4.69, 9.17) is 0 Å². The highest BCUT2D eigenvalue weighted by Gasteiger charge is 2.24. The average Bonchev–Trinajstić information content (AvgIpc) is 2.53. The molecule has 0 radical (unpaired) electrons. The van der Waals surface area contributed by atoms with Gasteiger partial charge in [0, 0.05) is 19.1 Å². The molecular formula is C11H25N3. The molecule has 0 aliphatic carbocycles. The molecule has 1 heterocycles. The van der Waals surface area contributed by atoms with Crippen LogP contribution in [-0.2, 0) is 0 Å². The standard InChI is InChI=1S/C11H25N3/c1-10(7-12-2)8-14-6-5-11(9-14)13(3)4/h10-12H,5-9H2,1-4H3. The largest absolute Gasteiger partial charge is 0.319 e. The van der Waals surface area contributed by atoms with Gasteiger partial charge in [-0.2, -0.15) is 0 Å². The second kappa shape index (κ2) is 5.69. The van der Waals surface area contributed by atoms with Gasteiger partial charge in [-0.3, -0.25) is 0 Å². The SMILES string of the molecule is CNCC(C)CN1CCC(N(C)C)C1. The summed E-state index contributed by atoms with van der Waals surface area (Å²) in [5, 5.41) is 3.24. The van der Waals surface area contributed by atoms with Crippen molar-refractivity contribution in [2.45, 2.75) is 19.4 Å². The van der Waals surface area contributed by atoms with Crippen molar-refractivity contribution < 1.29 is 0 Å². The molecule has 2 atom stereocenters. The van der Waals surface area contributed by atoms with Crippen molar-refractivity contribution in [1.29, 1.82) is 0 Å². The van der Waals surface area contributed by atoms with Gasteiger partial charge in [-0.05, 0) is 46.6 Å². The van der Waals surface area contributed by atoms with Gasteiger partial charge in [0.25, 0.3) is 0 Å². The average molecular weight is 199 g/mol. The summed E-state index contributed by atoms with van der Waals surface area (Å²) < 4.78 is 0. The molecule has 1 N–H and O–H groups in total. The van der Waals surface area contributed by atoms with Crippen molar-refractivity contribution in [3.8, 4) is 0 Å². The second-order valence-electron chi connectivity index (χ2n) is 4.83. The van der Waals surface area contributed by atoms with E-state index in [1.165, 1.54) is 26.1 Å². The van der Waals surface area contributed by atoms with Crippen LogP contribution in [0.1, 0.15) is 13.3 Å². The van der Waals surface area contributed by atoms with Gasteiger partial charge in [0.05, 0.1) is 0 Å². The van der Waals surface area contributed by atoms with Crippen molar-refractivity contribution in [3.63, 3.8) is 0 Å². The molecule has 3 heteroatoms. The number of nitrogens with zero attached hydrogens (tertiary/aromatic N) is 2. The van der Waals surface area contributed by atoms with E-state index in [9.17, 15) is 0 Å². The highest BCUT2D eigenvalue weighted by atomic mass is 15.2. The summed E-state index contributed by atoms with van der Waals surface area (Å²) in [6.45, 7) is 7.21. The summed E-state index contributed by atoms with van der Waals surface area (Å²) in [6, 6.07) is 0.775. The van der Waals surface area contributed by atoms with Crippen molar-refractivity contribution in [2.24, 2.45) is 5.92 Å². The number of hydrogen-bond donors (Lipinski definition) is 1. The zero-order chi connectivity index (χ0) is 10.6. The Morgan fingerprint density at radius 2 is 2.21 bits per heavy atom. The Morgan fingerprint density at radius 1 is 1.50 bits per heavy atom. The Balaban J connectivity index is 2.21. The van der Waals surface area contributed by atoms with E-state index in [1.807, 2.05) is 7.05 Å². The Hall–Kier alpha value is -0.120. The predicted octanol–water partition coefficient (Wildman–Crippen LogP) is 0.478. The molecule has 1 fully saturated rings. The smallest absolute Gasteiger partial charge is 0.0229 e. The van der Waals surface area contributed by atoms with Crippen LogP contribution in [0.4, 0.5) is 0 Å². The first-order valence-corrected chi connectivity index (χ1v) is 5.67. The van der Waals surface area contributed by atoms with Gasteiger partial charge in [-0.25, -0.2) is 0 Å². The number of nitrogens with one attached hydrogen (secondary N) is 1. The van der Waals surface area contributed by atoms with Gasteiger partial charge in [0.2, 0.25) is 0 Å². The maximum atomic E-state index is 3.24. The van der Waals surface area contributed by atoms with E-state index in [2.05, 4.69) is 36.1 Å². The molecule has 84 valence electrons. The third-order valence-electron chi connectivity index (χ3n) is 3.10. The van der Waals surface area contributed by atoms with Crippen LogP contribution in [0.15, 0.2) is 0 Å². The fourth-order valence-electron chi connectivity index (χ4n) is 2.25. The minimum atomic E-state index is 0.765. The summed E-state index contributed by atoms with van der Waals surface area (Å²) in [7, 11) is 6.40. The van der Waals surface area contributed by atoms with Gasteiger partial charge in [-0.1, -0.05) is 6.92 Å². The van der Waals surface area contributed by atoms with Gasteiger partial charge in [0.15, 0.2) is 0 Å². The van der Waals surface area contributed by atoms with Crippen molar-refractivity contribution in [2.75, 3.05) is 47.3 Å². The lowest BCUT2D eigenvalue weighted by molar-refractivity contribution is 0.246. The summed E-state index contributed by atoms with van der Waals surface area (Å²) in [5.74, 6) is 0.765. The second-order valence-corrected chi connectivity index (χ2v) is 4.83. The quantitative estimate of drug-likeness (QED) is 0.695. The number of rotatable bonds is 5. The first-order valence-electron chi connectivity index (χ1n) is 5.67. The zero-order valence-corrected chi connectivity index (χ0v) is 10.1. The normalized spacial score (nSPS) is 25.9. The Bertz CT molecular complexity index is 159. The molecule has 0 aromatic carbocycles. The van der Waals surface area contributed by atoms with E-state index >= 15 is 0 Å². The van der Waals surface area contributed by atoms with E-state index in [1.54, 1.807) is 0 Å². The molecule has 0 spiro atoms. The molecule has 0 aromatic rings. The lowest BCUT2D eigenvalue weighted by atomic mass is 10.1. The summed E-state index contributed by atoms with van der Waals surface area (Å²) in [5.41, 5.74) is 0. The van der Waals surface area contributed by atoms with E-state index in [0.717, 1.165) is 18.5 Å². The van der Waals surface area contributed by atoms with Gasteiger partial charge in [0.1, 0.15) is 0 Å². The Labute approximate surface area is 88.5 Å². The maximum Gasteiger partial charge on any atom is 0.0229 e. The molecule has 14 heavy (non-hydrogen) atoms. The third-order valence-corrected chi connectivity index (χ3v) is 3.10. The van der Waals surface area contributed by atoms with Crippen molar-refractivity contribution in [1.82, 2.24) is 15.1 Å². The molecule has 1 rings (SSSR count). The highest BCUT2D eigenvalue weighted by Crippen LogP contribution is 2.14. The Kier molecular flexibility index (Phi) is 4.85. The monoisotopic (exact) mass is 199 g/mol. The van der Waals surface area contributed by atoms with E-state index in [-0.39, 0.29) is 0 Å². The fourth-order valence-corrected chi connectivity index (χ4v) is 2.25. The third kappa shape index (κ3) is 3.56. The number of hydrogen-bond acceptors (Lipinski definition) is 3.